The highest BCUT2D eigenvalue weighted by Crippen LogP contribution is 2.09. The maximum Gasteiger partial charge on any atom is 0.0478 e. The molecule has 0 bridgehead atoms. The Hall–Kier alpha value is -1.50. The van der Waals surface area contributed by atoms with E-state index in [9.17, 15) is 0 Å². The van der Waals surface area contributed by atoms with Crippen LogP contribution in [0.1, 0.15) is 13.3 Å². The van der Waals surface area contributed by atoms with E-state index in [0.717, 1.165) is 12.1 Å². The second kappa shape index (κ2) is 6.03. The third-order valence-corrected chi connectivity index (χ3v) is 1.97. The first-order valence-corrected chi connectivity index (χ1v) is 4.92. The fraction of sp³-hybridized carbons (Fsp3) is 0.231. The van der Waals surface area contributed by atoms with Gasteiger partial charge in [-0.2, -0.15) is 0 Å². The van der Waals surface area contributed by atoms with E-state index in [1.807, 2.05) is 31.2 Å². The van der Waals surface area contributed by atoms with Crippen LogP contribution in [0.4, 0.5) is 5.69 Å². The van der Waals surface area contributed by atoms with Gasteiger partial charge in [-0.3, -0.25) is 0 Å². The summed E-state index contributed by atoms with van der Waals surface area (Å²) >= 11 is 0. The summed E-state index contributed by atoms with van der Waals surface area (Å²) in [6.07, 6.45) is 7.08. The number of rotatable bonds is 5. The number of anilines is 1. The Bertz CT molecular complexity index is 287. The first-order chi connectivity index (χ1) is 6.86. The van der Waals surface area contributed by atoms with Crippen LogP contribution in [0.3, 0.4) is 0 Å². The van der Waals surface area contributed by atoms with Gasteiger partial charge >= 0.3 is 0 Å². The number of hydrogen-bond acceptors (Lipinski definition) is 1. The normalized spacial score (nSPS) is 12.6. The van der Waals surface area contributed by atoms with Crippen molar-refractivity contribution in [3.63, 3.8) is 0 Å². The molecule has 1 atom stereocenters. The van der Waals surface area contributed by atoms with Crippen LogP contribution >= 0.6 is 0 Å². The molecule has 1 N–H and O–H groups in total. The molecule has 0 spiro atoms. The van der Waals surface area contributed by atoms with Crippen molar-refractivity contribution >= 4 is 5.69 Å². The van der Waals surface area contributed by atoms with Crippen LogP contribution in [0.25, 0.3) is 0 Å². The van der Waals surface area contributed by atoms with Crippen molar-refractivity contribution in [2.75, 3.05) is 5.32 Å². The van der Waals surface area contributed by atoms with E-state index < -0.39 is 0 Å². The van der Waals surface area contributed by atoms with E-state index in [1.165, 1.54) is 0 Å². The maximum absolute atomic E-state index is 3.75. The lowest BCUT2D eigenvalue weighted by Crippen LogP contribution is -2.15. The highest BCUT2D eigenvalue weighted by molar-refractivity contribution is 5.44. The Balaban J connectivity index is 2.59. The van der Waals surface area contributed by atoms with E-state index in [-0.39, 0.29) is 0 Å². The predicted octanol–water partition coefficient (Wildman–Crippen LogP) is 3.62. The molecule has 1 aromatic rings. The summed E-state index contributed by atoms with van der Waals surface area (Å²) < 4.78 is 0. The molecule has 0 aromatic heterocycles. The molecule has 0 aliphatic rings. The Labute approximate surface area is 86.2 Å². The van der Waals surface area contributed by atoms with Crippen LogP contribution in [0.2, 0.25) is 0 Å². The fourth-order valence-electron chi connectivity index (χ4n) is 1.35. The molecular weight excluding hydrogens is 170 g/mol. The van der Waals surface area contributed by atoms with E-state index in [1.54, 1.807) is 0 Å². The number of hydrogen-bond donors (Lipinski definition) is 1. The average Bonchev–Trinajstić information content (AvgIpc) is 2.20. The molecule has 0 radical (unpaired) electrons. The number of nitrogens with one attached hydrogen (secondary N) is 1. The minimum atomic E-state index is 0.347. The molecule has 0 amide bonds. The van der Waals surface area contributed by atoms with E-state index in [4.69, 9.17) is 0 Å². The molecule has 0 heterocycles. The van der Waals surface area contributed by atoms with Crippen molar-refractivity contribution < 1.29 is 0 Å². The number of para-hydroxylation sites is 1. The molecule has 1 unspecified atom stereocenters. The Morgan fingerprint density at radius 3 is 2.64 bits per heavy atom. The van der Waals surface area contributed by atoms with Gasteiger partial charge in [0, 0.05) is 11.7 Å². The first kappa shape index (κ1) is 10.6. The van der Waals surface area contributed by atoms with E-state index in [0.29, 0.717) is 6.04 Å². The molecule has 74 valence electrons. The second-order valence-electron chi connectivity index (χ2n) is 3.17. The summed E-state index contributed by atoms with van der Waals surface area (Å²) in [4.78, 5) is 0. The van der Waals surface area contributed by atoms with Crippen molar-refractivity contribution in [3.8, 4) is 0 Å². The topological polar surface area (TPSA) is 12.0 Å². The predicted molar refractivity (Wildman–Crippen MR) is 63.5 cm³/mol. The molecule has 0 aliphatic heterocycles. The summed E-state index contributed by atoms with van der Waals surface area (Å²) in [7, 11) is 0. The highest BCUT2D eigenvalue weighted by Gasteiger charge is 2.00. The quantitative estimate of drug-likeness (QED) is 0.694. The molecule has 14 heavy (non-hydrogen) atoms. The van der Waals surface area contributed by atoms with Gasteiger partial charge in [0.25, 0.3) is 0 Å². The maximum atomic E-state index is 3.75. The lowest BCUT2D eigenvalue weighted by atomic mass is 10.1. The molecule has 1 rings (SSSR count). The average molecular weight is 187 g/mol. The van der Waals surface area contributed by atoms with Crippen molar-refractivity contribution in [3.05, 3.63) is 55.1 Å². The van der Waals surface area contributed by atoms with Crippen LogP contribution in [0, 0.1) is 0 Å². The van der Waals surface area contributed by atoms with Crippen LogP contribution in [-0.4, -0.2) is 6.04 Å². The number of benzene rings is 1. The standard InChI is InChI=1S/C13H17N/c1-3-8-12(9-4-2)14-13-10-6-5-7-11-13/h3-7,9-12,14H,1,8H2,2H3/b9-4+. The summed E-state index contributed by atoms with van der Waals surface area (Å²) in [5.41, 5.74) is 1.15. The molecule has 0 fully saturated rings. The van der Waals surface area contributed by atoms with Crippen LogP contribution < -0.4 is 5.32 Å². The summed E-state index contributed by atoms with van der Waals surface area (Å²) in [6, 6.07) is 10.6. The minimum absolute atomic E-state index is 0.347. The third-order valence-electron chi connectivity index (χ3n) is 1.97. The molecule has 0 aliphatic carbocycles. The molecular formula is C13H17N. The van der Waals surface area contributed by atoms with Gasteiger partial charge in [0.05, 0.1) is 0 Å². The second-order valence-corrected chi connectivity index (χ2v) is 3.17. The van der Waals surface area contributed by atoms with Crippen molar-refractivity contribution in [1.82, 2.24) is 0 Å². The van der Waals surface area contributed by atoms with Gasteiger partial charge in [0.2, 0.25) is 0 Å². The summed E-state index contributed by atoms with van der Waals surface area (Å²) in [5.74, 6) is 0. The lowest BCUT2D eigenvalue weighted by molar-refractivity contribution is 0.893. The largest absolute Gasteiger partial charge is 0.379 e. The SMILES string of the molecule is C=CCC(/C=C/C)Nc1ccccc1. The third kappa shape index (κ3) is 3.48. The number of allylic oxidation sites excluding steroid dienone is 1. The molecule has 1 aromatic carbocycles. The molecule has 1 heteroatoms. The summed E-state index contributed by atoms with van der Waals surface area (Å²) in [5, 5.41) is 3.42. The fourth-order valence-corrected chi connectivity index (χ4v) is 1.35. The summed E-state index contributed by atoms with van der Waals surface area (Å²) in [6.45, 7) is 5.78. The zero-order valence-electron chi connectivity index (χ0n) is 8.61. The Morgan fingerprint density at radius 2 is 2.07 bits per heavy atom. The zero-order chi connectivity index (χ0) is 10.2. The minimum Gasteiger partial charge on any atom is -0.379 e. The van der Waals surface area contributed by atoms with Gasteiger partial charge in [-0.25, -0.2) is 0 Å². The molecule has 0 saturated carbocycles. The van der Waals surface area contributed by atoms with Crippen LogP contribution in [-0.2, 0) is 0 Å². The van der Waals surface area contributed by atoms with Crippen molar-refractivity contribution in [1.29, 1.82) is 0 Å². The Kier molecular flexibility index (Phi) is 4.56. The zero-order valence-corrected chi connectivity index (χ0v) is 8.61. The van der Waals surface area contributed by atoms with Crippen molar-refractivity contribution in [2.45, 2.75) is 19.4 Å². The molecule has 1 nitrogen and oxygen atoms in total. The monoisotopic (exact) mass is 187 g/mol. The highest BCUT2D eigenvalue weighted by atomic mass is 14.9. The van der Waals surface area contributed by atoms with E-state index in [2.05, 4.69) is 36.2 Å². The van der Waals surface area contributed by atoms with Crippen molar-refractivity contribution in [2.24, 2.45) is 0 Å². The lowest BCUT2D eigenvalue weighted by Gasteiger charge is -2.14. The van der Waals surface area contributed by atoms with Crippen LogP contribution in [0.15, 0.2) is 55.1 Å². The molecule has 0 saturated heterocycles. The smallest absolute Gasteiger partial charge is 0.0478 e. The first-order valence-electron chi connectivity index (χ1n) is 4.92. The van der Waals surface area contributed by atoms with Gasteiger partial charge in [0.1, 0.15) is 0 Å². The van der Waals surface area contributed by atoms with Gasteiger partial charge in [-0.1, -0.05) is 36.4 Å². The van der Waals surface area contributed by atoms with Gasteiger partial charge in [-0.15, -0.1) is 6.58 Å². The van der Waals surface area contributed by atoms with E-state index >= 15 is 0 Å². The Morgan fingerprint density at radius 1 is 1.36 bits per heavy atom. The van der Waals surface area contributed by atoms with Crippen LogP contribution in [0.5, 0.6) is 0 Å². The van der Waals surface area contributed by atoms with Gasteiger partial charge in [0.15, 0.2) is 0 Å². The van der Waals surface area contributed by atoms with Gasteiger partial charge in [-0.05, 0) is 25.5 Å². The van der Waals surface area contributed by atoms with Gasteiger partial charge < -0.3 is 5.32 Å².